The third-order valence-corrected chi connectivity index (χ3v) is 2.10. The topological polar surface area (TPSA) is 17.8 Å². The van der Waals surface area contributed by atoms with Gasteiger partial charge in [-0.05, 0) is 20.3 Å². The minimum atomic E-state index is 1.13. The lowest BCUT2D eigenvalue weighted by Gasteiger charge is -2.02. The minimum Gasteiger partial charge on any atom is -0.335 e. The lowest BCUT2D eigenvalue weighted by molar-refractivity contribution is 0.590. The van der Waals surface area contributed by atoms with Gasteiger partial charge >= 0.3 is 0 Å². The monoisotopic (exact) mass is 166 g/mol. The molecule has 12 heavy (non-hydrogen) atoms. The fourth-order valence-corrected chi connectivity index (χ4v) is 1.43. The summed E-state index contributed by atoms with van der Waals surface area (Å²) in [5.41, 5.74) is 1.13. The molecular weight excluding hydrogens is 148 g/mol. The van der Waals surface area contributed by atoms with Crippen LogP contribution in [-0.4, -0.2) is 9.55 Å². The van der Waals surface area contributed by atoms with Crippen molar-refractivity contribution in [3.05, 3.63) is 17.7 Å². The molecule has 0 amide bonds. The number of hydrogen-bond donors (Lipinski definition) is 0. The molecule has 0 aliphatic carbocycles. The first-order valence-corrected chi connectivity index (χ1v) is 4.74. The van der Waals surface area contributed by atoms with Crippen LogP contribution in [-0.2, 0) is 6.54 Å². The van der Waals surface area contributed by atoms with Gasteiger partial charge in [-0.2, -0.15) is 0 Å². The third kappa shape index (κ3) is 2.36. The van der Waals surface area contributed by atoms with Gasteiger partial charge in [0.1, 0.15) is 5.82 Å². The van der Waals surface area contributed by atoms with Gasteiger partial charge in [0, 0.05) is 12.7 Å². The molecule has 0 aliphatic heterocycles. The molecule has 0 N–H and O–H groups in total. The average Bonchev–Trinajstić information content (AvgIpc) is 2.31. The molecule has 68 valence electrons. The van der Waals surface area contributed by atoms with Gasteiger partial charge in [-0.1, -0.05) is 19.8 Å². The van der Waals surface area contributed by atoms with Crippen LogP contribution >= 0.6 is 0 Å². The summed E-state index contributed by atoms with van der Waals surface area (Å²) in [7, 11) is 0. The number of nitrogens with zero attached hydrogens (tertiary/aromatic N) is 2. The van der Waals surface area contributed by atoms with Crippen LogP contribution in [0.15, 0.2) is 6.20 Å². The summed E-state index contributed by atoms with van der Waals surface area (Å²) in [6, 6.07) is 0. The second-order valence-corrected chi connectivity index (χ2v) is 3.33. The molecule has 0 bridgehead atoms. The van der Waals surface area contributed by atoms with Crippen molar-refractivity contribution in [3.63, 3.8) is 0 Å². The molecule has 1 aromatic heterocycles. The summed E-state index contributed by atoms with van der Waals surface area (Å²) in [4.78, 5) is 4.35. The molecule has 0 fully saturated rings. The van der Waals surface area contributed by atoms with Crippen LogP contribution in [0.25, 0.3) is 0 Å². The van der Waals surface area contributed by atoms with Crippen LogP contribution in [0.4, 0.5) is 0 Å². The molecule has 1 heterocycles. The van der Waals surface area contributed by atoms with Crippen molar-refractivity contribution in [1.29, 1.82) is 0 Å². The summed E-state index contributed by atoms with van der Waals surface area (Å²) < 4.78 is 2.24. The highest BCUT2D eigenvalue weighted by Crippen LogP contribution is 2.04. The van der Waals surface area contributed by atoms with E-state index in [2.05, 4.69) is 29.6 Å². The van der Waals surface area contributed by atoms with Crippen LogP contribution in [0.3, 0.4) is 0 Å². The first-order valence-electron chi connectivity index (χ1n) is 4.74. The van der Waals surface area contributed by atoms with Gasteiger partial charge in [0.15, 0.2) is 0 Å². The fourth-order valence-electron chi connectivity index (χ4n) is 1.43. The number of unbranched alkanes of at least 4 members (excludes halogenated alkanes) is 2. The second kappa shape index (κ2) is 4.29. The van der Waals surface area contributed by atoms with Crippen LogP contribution in [0.5, 0.6) is 0 Å². The van der Waals surface area contributed by atoms with Crippen molar-refractivity contribution >= 4 is 0 Å². The minimum absolute atomic E-state index is 1.13. The highest BCUT2D eigenvalue weighted by molar-refractivity contribution is 4.99. The summed E-state index contributed by atoms with van der Waals surface area (Å²) in [5, 5.41) is 0. The Balaban J connectivity index is 2.45. The van der Waals surface area contributed by atoms with E-state index in [1.54, 1.807) is 0 Å². The lowest BCUT2D eigenvalue weighted by atomic mass is 10.2. The van der Waals surface area contributed by atoms with E-state index in [0.717, 1.165) is 18.1 Å². The average molecular weight is 166 g/mol. The maximum atomic E-state index is 4.35. The molecule has 0 atom stereocenters. The zero-order valence-electron chi connectivity index (χ0n) is 8.30. The Morgan fingerprint density at radius 1 is 1.33 bits per heavy atom. The molecule has 0 unspecified atom stereocenters. The first-order chi connectivity index (χ1) is 5.74. The van der Waals surface area contributed by atoms with Gasteiger partial charge < -0.3 is 4.57 Å². The number of hydrogen-bond acceptors (Lipinski definition) is 1. The molecule has 1 aromatic rings. The van der Waals surface area contributed by atoms with E-state index < -0.39 is 0 Å². The molecule has 2 heteroatoms. The molecule has 2 nitrogen and oxygen atoms in total. The Bertz CT molecular complexity index is 238. The van der Waals surface area contributed by atoms with Gasteiger partial charge in [0.2, 0.25) is 0 Å². The summed E-state index contributed by atoms with van der Waals surface area (Å²) in [5.74, 6) is 1.14. The van der Waals surface area contributed by atoms with Crippen LogP contribution in [0.1, 0.15) is 37.7 Å². The van der Waals surface area contributed by atoms with Gasteiger partial charge in [-0.15, -0.1) is 0 Å². The molecule has 0 saturated heterocycles. The highest BCUT2D eigenvalue weighted by atomic mass is 15.1. The molecule has 0 radical (unpaired) electrons. The highest BCUT2D eigenvalue weighted by Gasteiger charge is 1.98. The number of rotatable bonds is 4. The number of imidazole rings is 1. The van der Waals surface area contributed by atoms with E-state index in [1.807, 2.05) is 6.92 Å². The molecule has 0 aliphatic rings. The van der Waals surface area contributed by atoms with Gasteiger partial charge in [0.25, 0.3) is 0 Å². The van der Waals surface area contributed by atoms with Crippen molar-refractivity contribution < 1.29 is 0 Å². The van der Waals surface area contributed by atoms with Crippen LogP contribution in [0.2, 0.25) is 0 Å². The standard InChI is InChI=1S/C10H18N2/c1-4-5-6-7-12-8-9(2)11-10(12)3/h8H,4-7H2,1-3H3. The van der Waals surface area contributed by atoms with Crippen molar-refractivity contribution in [1.82, 2.24) is 9.55 Å². The molecule has 0 spiro atoms. The van der Waals surface area contributed by atoms with E-state index in [-0.39, 0.29) is 0 Å². The Morgan fingerprint density at radius 2 is 2.08 bits per heavy atom. The Kier molecular flexibility index (Phi) is 3.32. The fraction of sp³-hybridized carbons (Fsp3) is 0.700. The van der Waals surface area contributed by atoms with Crippen molar-refractivity contribution in [2.45, 2.75) is 46.6 Å². The molecule has 0 saturated carbocycles. The van der Waals surface area contributed by atoms with Crippen LogP contribution < -0.4 is 0 Å². The SMILES string of the molecule is CCCCCn1cc(C)nc1C. The normalized spacial score (nSPS) is 10.6. The lowest BCUT2D eigenvalue weighted by Crippen LogP contribution is -1.98. The Hall–Kier alpha value is -0.790. The van der Waals surface area contributed by atoms with Gasteiger partial charge in [-0.3, -0.25) is 0 Å². The number of aryl methyl sites for hydroxylation is 3. The van der Waals surface area contributed by atoms with Crippen molar-refractivity contribution in [3.8, 4) is 0 Å². The maximum absolute atomic E-state index is 4.35. The van der Waals surface area contributed by atoms with E-state index in [9.17, 15) is 0 Å². The van der Waals surface area contributed by atoms with Crippen LogP contribution in [0, 0.1) is 13.8 Å². The summed E-state index contributed by atoms with van der Waals surface area (Å²) in [6.45, 7) is 7.47. The smallest absolute Gasteiger partial charge is 0.105 e. The third-order valence-electron chi connectivity index (χ3n) is 2.10. The quantitative estimate of drug-likeness (QED) is 0.629. The zero-order valence-corrected chi connectivity index (χ0v) is 8.30. The first kappa shape index (κ1) is 9.30. The van der Waals surface area contributed by atoms with E-state index in [1.165, 1.54) is 19.3 Å². The summed E-state index contributed by atoms with van der Waals surface area (Å²) >= 11 is 0. The van der Waals surface area contributed by atoms with Gasteiger partial charge in [0.05, 0.1) is 5.69 Å². The molecule has 0 aromatic carbocycles. The van der Waals surface area contributed by atoms with Crippen molar-refractivity contribution in [2.24, 2.45) is 0 Å². The maximum Gasteiger partial charge on any atom is 0.105 e. The second-order valence-electron chi connectivity index (χ2n) is 3.33. The Morgan fingerprint density at radius 3 is 2.58 bits per heavy atom. The molecular formula is C10H18N2. The predicted octanol–water partition coefficient (Wildman–Crippen LogP) is 2.69. The number of aromatic nitrogens is 2. The van der Waals surface area contributed by atoms with E-state index >= 15 is 0 Å². The van der Waals surface area contributed by atoms with E-state index in [4.69, 9.17) is 0 Å². The summed E-state index contributed by atoms with van der Waals surface area (Å²) in [6.07, 6.45) is 6.00. The largest absolute Gasteiger partial charge is 0.335 e. The van der Waals surface area contributed by atoms with E-state index in [0.29, 0.717) is 0 Å². The predicted molar refractivity (Wildman–Crippen MR) is 51.2 cm³/mol. The Labute approximate surface area is 74.6 Å². The zero-order chi connectivity index (χ0) is 8.97. The van der Waals surface area contributed by atoms with Gasteiger partial charge in [-0.25, -0.2) is 4.98 Å². The van der Waals surface area contributed by atoms with Crippen molar-refractivity contribution in [2.75, 3.05) is 0 Å². The molecule has 1 rings (SSSR count).